The van der Waals surface area contributed by atoms with Crippen LogP contribution in [0.1, 0.15) is 10.4 Å². The predicted molar refractivity (Wildman–Crippen MR) is 75.5 cm³/mol. The van der Waals surface area contributed by atoms with Crippen molar-refractivity contribution in [2.45, 2.75) is 6.18 Å². The Kier molecular flexibility index (Phi) is 6.83. The van der Waals surface area contributed by atoms with Gasteiger partial charge in [-0.25, -0.2) is 4.79 Å². The van der Waals surface area contributed by atoms with Crippen LogP contribution in [0.2, 0.25) is 0 Å². The molecule has 2 N–H and O–H groups in total. The van der Waals surface area contributed by atoms with Gasteiger partial charge in [0.25, 0.3) is 5.91 Å². The molecule has 1 aromatic carbocycles. The van der Waals surface area contributed by atoms with Crippen molar-refractivity contribution < 1.29 is 32.6 Å². The Bertz CT molecular complexity index is 543. The van der Waals surface area contributed by atoms with Gasteiger partial charge in [-0.15, -0.1) is 0 Å². The lowest BCUT2D eigenvalue weighted by Crippen LogP contribution is -2.46. The molecule has 1 aromatic rings. The summed E-state index contributed by atoms with van der Waals surface area (Å²) in [5, 5.41) is 10.3. The van der Waals surface area contributed by atoms with Crippen LogP contribution in [-0.2, 0) is 4.79 Å². The van der Waals surface area contributed by atoms with Crippen LogP contribution >= 0.6 is 0 Å². The van der Waals surface area contributed by atoms with Gasteiger partial charge in [0.1, 0.15) is 5.75 Å². The Morgan fingerprint density at radius 1 is 1.22 bits per heavy atom. The first-order valence-electron chi connectivity index (χ1n) is 6.70. The van der Waals surface area contributed by atoms with E-state index in [0.717, 1.165) is 26.2 Å². The van der Waals surface area contributed by atoms with Gasteiger partial charge in [0.2, 0.25) is 0 Å². The molecule has 23 heavy (non-hydrogen) atoms. The van der Waals surface area contributed by atoms with Crippen molar-refractivity contribution in [2.75, 3.05) is 33.3 Å². The highest BCUT2D eigenvalue weighted by Crippen LogP contribution is 2.19. The van der Waals surface area contributed by atoms with Crippen molar-refractivity contribution in [1.82, 2.24) is 10.2 Å². The number of para-hydroxylation sites is 1. The van der Waals surface area contributed by atoms with Gasteiger partial charge in [-0.2, -0.15) is 13.2 Å². The SMILES string of the molecule is COc1ccccc1C(=O)N1CCNCC1.O=C(O)C(F)(F)F. The van der Waals surface area contributed by atoms with E-state index in [1.54, 1.807) is 7.11 Å². The molecule has 1 saturated heterocycles. The molecule has 6 nitrogen and oxygen atoms in total. The van der Waals surface area contributed by atoms with Crippen molar-refractivity contribution in [3.8, 4) is 5.75 Å². The maximum atomic E-state index is 12.2. The normalized spacial score (nSPS) is 14.5. The first-order chi connectivity index (χ1) is 10.8. The maximum absolute atomic E-state index is 12.2. The lowest BCUT2D eigenvalue weighted by atomic mass is 10.1. The molecule has 128 valence electrons. The lowest BCUT2D eigenvalue weighted by Gasteiger charge is -2.27. The van der Waals surface area contributed by atoms with E-state index < -0.39 is 12.1 Å². The molecule has 0 aromatic heterocycles. The quantitative estimate of drug-likeness (QED) is 0.854. The number of carbonyl (C=O) groups excluding carboxylic acids is 1. The predicted octanol–water partition coefficient (Wildman–Crippen LogP) is 1.37. The molecule has 0 spiro atoms. The van der Waals surface area contributed by atoms with Crippen molar-refractivity contribution in [3.05, 3.63) is 29.8 Å². The number of hydrogen-bond donors (Lipinski definition) is 2. The molecular formula is C14H17F3N2O4. The van der Waals surface area contributed by atoms with E-state index in [9.17, 15) is 18.0 Å². The first-order valence-corrected chi connectivity index (χ1v) is 6.70. The number of nitrogens with zero attached hydrogens (tertiary/aromatic N) is 1. The third kappa shape index (κ3) is 5.78. The molecule has 0 unspecified atom stereocenters. The molecule has 0 saturated carbocycles. The third-order valence-corrected chi connectivity index (χ3v) is 2.98. The molecule has 1 amide bonds. The Balaban J connectivity index is 0.000000322. The molecule has 1 fully saturated rings. The summed E-state index contributed by atoms with van der Waals surface area (Å²) in [6.07, 6.45) is -5.08. The van der Waals surface area contributed by atoms with E-state index >= 15 is 0 Å². The van der Waals surface area contributed by atoms with Gasteiger partial charge >= 0.3 is 12.1 Å². The minimum Gasteiger partial charge on any atom is -0.496 e. The van der Waals surface area contributed by atoms with Gasteiger partial charge in [-0.05, 0) is 12.1 Å². The fourth-order valence-corrected chi connectivity index (χ4v) is 1.86. The van der Waals surface area contributed by atoms with Gasteiger partial charge in [-0.1, -0.05) is 12.1 Å². The Labute approximate surface area is 130 Å². The fraction of sp³-hybridized carbons (Fsp3) is 0.429. The van der Waals surface area contributed by atoms with Crippen molar-refractivity contribution in [3.63, 3.8) is 0 Å². The number of aliphatic carboxylic acids is 1. The minimum atomic E-state index is -5.08. The van der Waals surface area contributed by atoms with E-state index in [0.29, 0.717) is 11.3 Å². The molecule has 0 aliphatic carbocycles. The number of hydrogen-bond acceptors (Lipinski definition) is 4. The standard InChI is InChI=1S/C12H16N2O2.C2HF3O2/c1-16-11-5-3-2-4-10(11)12(15)14-8-6-13-7-9-14;3-2(4,5)1(6)7/h2-5,13H,6-9H2,1H3;(H,6,7). The zero-order chi connectivity index (χ0) is 17.5. The smallest absolute Gasteiger partial charge is 0.490 e. The summed E-state index contributed by atoms with van der Waals surface area (Å²) in [5.74, 6) is -2.06. The van der Waals surface area contributed by atoms with Crippen molar-refractivity contribution in [1.29, 1.82) is 0 Å². The number of alkyl halides is 3. The molecule has 1 heterocycles. The number of nitrogens with one attached hydrogen (secondary N) is 1. The molecule has 1 aliphatic rings. The number of carboxylic acids is 1. The summed E-state index contributed by atoms with van der Waals surface area (Å²) in [7, 11) is 1.59. The number of rotatable bonds is 2. The summed E-state index contributed by atoms with van der Waals surface area (Å²) in [6, 6.07) is 7.35. The van der Waals surface area contributed by atoms with E-state index in [1.807, 2.05) is 29.2 Å². The average molecular weight is 334 g/mol. The van der Waals surface area contributed by atoms with Crippen LogP contribution in [0.3, 0.4) is 0 Å². The Morgan fingerprint density at radius 2 is 1.74 bits per heavy atom. The van der Waals surface area contributed by atoms with Crippen LogP contribution in [0.5, 0.6) is 5.75 Å². The largest absolute Gasteiger partial charge is 0.496 e. The van der Waals surface area contributed by atoms with Crippen LogP contribution in [0, 0.1) is 0 Å². The summed E-state index contributed by atoms with van der Waals surface area (Å²) >= 11 is 0. The second kappa shape index (κ2) is 8.37. The zero-order valence-electron chi connectivity index (χ0n) is 12.4. The first kappa shape index (κ1) is 18.8. The third-order valence-electron chi connectivity index (χ3n) is 2.98. The molecule has 1 aliphatic heterocycles. The van der Waals surface area contributed by atoms with Crippen LogP contribution in [0.4, 0.5) is 13.2 Å². The highest BCUT2D eigenvalue weighted by Gasteiger charge is 2.38. The van der Waals surface area contributed by atoms with Crippen LogP contribution in [0.15, 0.2) is 24.3 Å². The number of piperazine rings is 1. The fourth-order valence-electron chi connectivity index (χ4n) is 1.86. The van der Waals surface area contributed by atoms with Gasteiger partial charge in [0.15, 0.2) is 0 Å². The van der Waals surface area contributed by atoms with Gasteiger partial charge in [0.05, 0.1) is 12.7 Å². The summed E-state index contributed by atoms with van der Waals surface area (Å²) in [5.41, 5.74) is 0.645. The van der Waals surface area contributed by atoms with Crippen molar-refractivity contribution >= 4 is 11.9 Å². The van der Waals surface area contributed by atoms with Gasteiger partial charge < -0.3 is 20.1 Å². The number of amides is 1. The van der Waals surface area contributed by atoms with E-state index in [4.69, 9.17) is 14.6 Å². The Morgan fingerprint density at radius 3 is 2.22 bits per heavy atom. The zero-order valence-corrected chi connectivity index (χ0v) is 12.4. The van der Waals surface area contributed by atoms with E-state index in [-0.39, 0.29) is 5.91 Å². The van der Waals surface area contributed by atoms with Crippen molar-refractivity contribution in [2.24, 2.45) is 0 Å². The number of methoxy groups -OCH3 is 1. The van der Waals surface area contributed by atoms with Gasteiger partial charge in [-0.3, -0.25) is 4.79 Å². The molecule has 9 heteroatoms. The average Bonchev–Trinajstić information content (AvgIpc) is 2.54. The van der Waals surface area contributed by atoms with Gasteiger partial charge in [0, 0.05) is 26.2 Å². The molecular weight excluding hydrogens is 317 g/mol. The topological polar surface area (TPSA) is 78.9 Å². The summed E-state index contributed by atoms with van der Waals surface area (Å²) in [6.45, 7) is 3.25. The van der Waals surface area contributed by atoms with Crippen LogP contribution in [0.25, 0.3) is 0 Å². The number of ether oxygens (including phenoxy) is 1. The minimum absolute atomic E-state index is 0.0546. The summed E-state index contributed by atoms with van der Waals surface area (Å²) in [4.78, 5) is 22.9. The number of benzene rings is 1. The Hall–Kier alpha value is -2.29. The second-order valence-electron chi connectivity index (χ2n) is 4.55. The second-order valence-corrected chi connectivity index (χ2v) is 4.55. The number of carboxylic acid groups (broad SMARTS) is 1. The van der Waals surface area contributed by atoms with E-state index in [2.05, 4.69) is 5.32 Å². The van der Waals surface area contributed by atoms with Crippen LogP contribution in [-0.4, -0.2) is 61.3 Å². The number of carbonyl (C=O) groups is 2. The van der Waals surface area contributed by atoms with E-state index in [1.165, 1.54) is 0 Å². The van der Waals surface area contributed by atoms with Crippen LogP contribution < -0.4 is 10.1 Å². The highest BCUT2D eigenvalue weighted by atomic mass is 19.4. The molecule has 0 atom stereocenters. The number of halogens is 3. The monoisotopic (exact) mass is 334 g/mol. The molecule has 0 bridgehead atoms. The molecule has 0 radical (unpaired) electrons. The molecule has 2 rings (SSSR count). The highest BCUT2D eigenvalue weighted by molar-refractivity contribution is 5.97. The summed E-state index contributed by atoms with van der Waals surface area (Å²) < 4.78 is 36.9. The maximum Gasteiger partial charge on any atom is 0.490 e. The lowest BCUT2D eigenvalue weighted by molar-refractivity contribution is -0.192.